The molecular formula is C13H20N2O. The monoisotopic (exact) mass is 220 g/mol. The van der Waals surface area contributed by atoms with Crippen molar-refractivity contribution in [2.75, 3.05) is 0 Å². The highest BCUT2D eigenvalue weighted by Gasteiger charge is 2.14. The van der Waals surface area contributed by atoms with Crippen LogP contribution in [-0.4, -0.2) is 15.3 Å². The average Bonchev–Trinajstić information content (AvgIpc) is 2.81. The first kappa shape index (κ1) is 11.4. The van der Waals surface area contributed by atoms with Crippen molar-refractivity contribution in [1.82, 2.24) is 9.55 Å². The second kappa shape index (κ2) is 5.83. The number of Topliss-reactive ketones (excluding diaryl/α,β-unsaturated/α-hetero) is 1. The van der Waals surface area contributed by atoms with Crippen LogP contribution >= 0.6 is 0 Å². The lowest BCUT2D eigenvalue weighted by atomic mass is 9.85. The molecule has 0 radical (unpaired) electrons. The van der Waals surface area contributed by atoms with Gasteiger partial charge >= 0.3 is 0 Å². The summed E-state index contributed by atoms with van der Waals surface area (Å²) >= 11 is 0. The van der Waals surface area contributed by atoms with Gasteiger partial charge in [0.2, 0.25) is 0 Å². The number of hydrogen-bond acceptors (Lipinski definition) is 2. The first-order chi connectivity index (χ1) is 7.84. The summed E-state index contributed by atoms with van der Waals surface area (Å²) in [6.45, 7) is 0.493. The Bertz CT molecular complexity index is 313. The van der Waals surface area contributed by atoms with Crippen LogP contribution in [0.4, 0.5) is 0 Å². The molecule has 0 aliphatic heterocycles. The molecule has 0 bridgehead atoms. The summed E-state index contributed by atoms with van der Waals surface area (Å²) in [5.41, 5.74) is 0. The second-order valence-corrected chi connectivity index (χ2v) is 4.82. The van der Waals surface area contributed by atoms with Crippen LogP contribution in [0.3, 0.4) is 0 Å². The van der Waals surface area contributed by atoms with Crippen LogP contribution in [0.15, 0.2) is 18.7 Å². The number of imidazole rings is 1. The standard InChI is InChI=1S/C13H20N2O/c16-13(10-15-9-8-14-11-15)7-6-12-4-2-1-3-5-12/h8-9,11-12H,1-7,10H2. The van der Waals surface area contributed by atoms with E-state index >= 15 is 0 Å². The maximum Gasteiger partial charge on any atom is 0.152 e. The third-order valence-corrected chi connectivity index (χ3v) is 3.47. The number of nitrogens with zero attached hydrogens (tertiary/aromatic N) is 2. The maximum absolute atomic E-state index is 11.7. The Kier molecular flexibility index (Phi) is 4.14. The Labute approximate surface area is 96.9 Å². The zero-order valence-corrected chi connectivity index (χ0v) is 9.77. The molecule has 1 aliphatic rings. The molecule has 1 heterocycles. The summed E-state index contributed by atoms with van der Waals surface area (Å²) in [6.07, 6.45) is 13.9. The third kappa shape index (κ3) is 3.47. The molecule has 1 saturated carbocycles. The van der Waals surface area contributed by atoms with E-state index in [2.05, 4.69) is 4.98 Å². The van der Waals surface area contributed by atoms with Gasteiger partial charge in [0.1, 0.15) is 0 Å². The van der Waals surface area contributed by atoms with Crippen molar-refractivity contribution in [2.24, 2.45) is 5.92 Å². The molecule has 88 valence electrons. The van der Waals surface area contributed by atoms with Crippen LogP contribution < -0.4 is 0 Å². The zero-order valence-electron chi connectivity index (χ0n) is 9.77. The zero-order chi connectivity index (χ0) is 11.2. The topological polar surface area (TPSA) is 34.9 Å². The number of rotatable bonds is 5. The lowest BCUT2D eigenvalue weighted by Crippen LogP contribution is -2.12. The molecule has 0 atom stereocenters. The van der Waals surface area contributed by atoms with E-state index in [1.54, 1.807) is 12.5 Å². The fraction of sp³-hybridized carbons (Fsp3) is 0.692. The molecule has 0 N–H and O–H groups in total. The molecule has 2 rings (SSSR count). The normalized spacial score (nSPS) is 17.5. The summed E-state index contributed by atoms with van der Waals surface area (Å²) in [6, 6.07) is 0. The second-order valence-electron chi connectivity index (χ2n) is 4.82. The highest BCUT2D eigenvalue weighted by molar-refractivity contribution is 5.78. The minimum Gasteiger partial charge on any atom is -0.330 e. The SMILES string of the molecule is O=C(CCC1CCCCC1)Cn1ccnc1. The van der Waals surface area contributed by atoms with Crippen LogP contribution in [0.2, 0.25) is 0 Å². The summed E-state index contributed by atoms with van der Waals surface area (Å²) in [5.74, 6) is 1.14. The van der Waals surface area contributed by atoms with Gasteiger partial charge in [-0.15, -0.1) is 0 Å². The van der Waals surface area contributed by atoms with Crippen molar-refractivity contribution >= 4 is 5.78 Å². The molecule has 1 fully saturated rings. The summed E-state index contributed by atoms with van der Waals surface area (Å²) in [4.78, 5) is 15.6. The van der Waals surface area contributed by atoms with E-state index in [-0.39, 0.29) is 0 Å². The van der Waals surface area contributed by atoms with Crippen LogP contribution in [-0.2, 0) is 11.3 Å². The van der Waals surface area contributed by atoms with E-state index in [1.165, 1.54) is 32.1 Å². The van der Waals surface area contributed by atoms with Gasteiger partial charge in [0.15, 0.2) is 5.78 Å². The van der Waals surface area contributed by atoms with Crippen LogP contribution in [0, 0.1) is 5.92 Å². The van der Waals surface area contributed by atoms with Crippen molar-refractivity contribution in [3.05, 3.63) is 18.7 Å². The molecule has 1 aliphatic carbocycles. The van der Waals surface area contributed by atoms with Crippen LogP contribution in [0.25, 0.3) is 0 Å². The lowest BCUT2D eigenvalue weighted by molar-refractivity contribution is -0.120. The quantitative estimate of drug-likeness (QED) is 0.764. The van der Waals surface area contributed by atoms with E-state index in [4.69, 9.17) is 0 Å². The molecule has 1 aromatic heterocycles. The summed E-state index contributed by atoms with van der Waals surface area (Å²) in [5, 5.41) is 0. The van der Waals surface area contributed by atoms with Crippen molar-refractivity contribution in [3.63, 3.8) is 0 Å². The predicted molar refractivity (Wildman–Crippen MR) is 63.0 cm³/mol. The van der Waals surface area contributed by atoms with Gasteiger partial charge in [-0.1, -0.05) is 32.1 Å². The van der Waals surface area contributed by atoms with E-state index in [0.717, 1.165) is 18.8 Å². The average molecular weight is 220 g/mol. The summed E-state index contributed by atoms with van der Waals surface area (Å²) < 4.78 is 1.85. The van der Waals surface area contributed by atoms with Crippen molar-refractivity contribution in [1.29, 1.82) is 0 Å². The first-order valence-electron chi connectivity index (χ1n) is 6.32. The van der Waals surface area contributed by atoms with E-state index in [0.29, 0.717) is 12.3 Å². The Hall–Kier alpha value is -1.12. The molecule has 0 aromatic carbocycles. The Morgan fingerprint density at radius 3 is 2.81 bits per heavy atom. The molecule has 0 spiro atoms. The van der Waals surface area contributed by atoms with Gasteiger partial charge in [-0.2, -0.15) is 0 Å². The molecule has 3 heteroatoms. The molecule has 0 saturated heterocycles. The first-order valence-corrected chi connectivity index (χ1v) is 6.32. The fourth-order valence-corrected chi connectivity index (χ4v) is 2.50. The molecule has 0 amide bonds. The molecule has 3 nitrogen and oxygen atoms in total. The van der Waals surface area contributed by atoms with Gasteiger partial charge < -0.3 is 4.57 Å². The Balaban J connectivity index is 1.67. The van der Waals surface area contributed by atoms with Crippen LogP contribution in [0.1, 0.15) is 44.9 Å². The maximum atomic E-state index is 11.7. The van der Waals surface area contributed by atoms with Gasteiger partial charge in [-0.3, -0.25) is 4.79 Å². The van der Waals surface area contributed by atoms with E-state index in [1.807, 2.05) is 10.8 Å². The highest BCUT2D eigenvalue weighted by atomic mass is 16.1. The Morgan fingerprint density at radius 1 is 1.31 bits per heavy atom. The van der Waals surface area contributed by atoms with Crippen molar-refractivity contribution in [2.45, 2.75) is 51.5 Å². The molecule has 1 aromatic rings. The molecule has 0 unspecified atom stereocenters. The van der Waals surface area contributed by atoms with Crippen molar-refractivity contribution < 1.29 is 4.79 Å². The number of carbonyl (C=O) groups excluding carboxylic acids is 1. The van der Waals surface area contributed by atoms with Gasteiger partial charge in [0.05, 0.1) is 12.9 Å². The van der Waals surface area contributed by atoms with Crippen LogP contribution in [0.5, 0.6) is 0 Å². The largest absolute Gasteiger partial charge is 0.330 e. The molecular weight excluding hydrogens is 200 g/mol. The predicted octanol–water partition coefficient (Wildman–Crippen LogP) is 2.81. The van der Waals surface area contributed by atoms with E-state index in [9.17, 15) is 4.79 Å². The number of carbonyl (C=O) groups is 1. The minimum atomic E-state index is 0.337. The van der Waals surface area contributed by atoms with Crippen molar-refractivity contribution in [3.8, 4) is 0 Å². The van der Waals surface area contributed by atoms with Gasteiger partial charge in [-0.25, -0.2) is 4.98 Å². The van der Waals surface area contributed by atoms with Gasteiger partial charge in [-0.05, 0) is 12.3 Å². The smallest absolute Gasteiger partial charge is 0.152 e. The number of hydrogen-bond donors (Lipinski definition) is 0. The number of aromatic nitrogens is 2. The van der Waals surface area contributed by atoms with Gasteiger partial charge in [0.25, 0.3) is 0 Å². The molecule has 16 heavy (non-hydrogen) atoms. The Morgan fingerprint density at radius 2 is 2.12 bits per heavy atom. The minimum absolute atomic E-state index is 0.337. The third-order valence-electron chi connectivity index (χ3n) is 3.47. The number of ketones is 1. The highest BCUT2D eigenvalue weighted by Crippen LogP contribution is 2.27. The van der Waals surface area contributed by atoms with E-state index < -0.39 is 0 Å². The van der Waals surface area contributed by atoms with Gasteiger partial charge in [0, 0.05) is 18.8 Å². The summed E-state index contributed by atoms with van der Waals surface area (Å²) in [7, 11) is 0. The lowest BCUT2D eigenvalue weighted by Gasteiger charge is -2.20. The fourth-order valence-electron chi connectivity index (χ4n) is 2.50.